The minimum absolute atomic E-state index is 0.278. The van der Waals surface area contributed by atoms with Gasteiger partial charge in [0, 0.05) is 16.5 Å². The highest BCUT2D eigenvalue weighted by molar-refractivity contribution is 7.98. The first kappa shape index (κ1) is 19.4. The van der Waals surface area contributed by atoms with Gasteiger partial charge in [-0.3, -0.25) is 0 Å². The molecule has 0 radical (unpaired) electrons. The Kier molecular flexibility index (Phi) is 6.23. The maximum Gasteiger partial charge on any atom is 0.165 e. The molecule has 0 N–H and O–H groups in total. The Morgan fingerprint density at radius 3 is 2.46 bits per heavy atom. The van der Waals surface area contributed by atoms with Crippen LogP contribution in [0.15, 0.2) is 72.8 Å². The molecule has 1 fully saturated rings. The van der Waals surface area contributed by atoms with E-state index in [4.69, 9.17) is 16.3 Å². The summed E-state index contributed by atoms with van der Waals surface area (Å²) in [4.78, 5) is 0. The van der Waals surface area contributed by atoms with E-state index in [0.29, 0.717) is 11.7 Å². The first-order valence-electron chi connectivity index (χ1n) is 9.53. The van der Waals surface area contributed by atoms with Gasteiger partial charge >= 0.3 is 0 Å². The molecular weight excluding hydrogens is 391 g/mol. The van der Waals surface area contributed by atoms with Crippen LogP contribution >= 0.6 is 23.4 Å². The van der Waals surface area contributed by atoms with Crippen LogP contribution in [-0.4, -0.2) is 5.75 Å². The highest BCUT2D eigenvalue weighted by Crippen LogP contribution is 2.44. The number of rotatable bonds is 8. The lowest BCUT2D eigenvalue weighted by atomic mass is 9.96. The molecule has 4 heteroatoms. The summed E-state index contributed by atoms with van der Waals surface area (Å²) in [6.07, 6.45) is 2.61. The van der Waals surface area contributed by atoms with Crippen molar-refractivity contribution in [2.24, 2.45) is 5.92 Å². The molecule has 1 atom stereocenters. The van der Waals surface area contributed by atoms with Crippen molar-refractivity contribution in [3.05, 3.63) is 94.8 Å². The average molecular weight is 413 g/mol. The summed E-state index contributed by atoms with van der Waals surface area (Å²) in [5, 5.41) is 0.781. The molecule has 1 unspecified atom stereocenters. The van der Waals surface area contributed by atoms with Gasteiger partial charge < -0.3 is 4.74 Å². The minimum atomic E-state index is -0.338. The van der Waals surface area contributed by atoms with E-state index in [2.05, 4.69) is 12.1 Å². The third-order valence-electron chi connectivity index (χ3n) is 5.02. The molecule has 4 rings (SSSR count). The van der Waals surface area contributed by atoms with E-state index < -0.39 is 0 Å². The highest BCUT2D eigenvalue weighted by Gasteiger charge is 2.32. The summed E-state index contributed by atoms with van der Waals surface area (Å²) >= 11 is 7.93. The van der Waals surface area contributed by atoms with Crippen LogP contribution in [0.2, 0.25) is 5.02 Å². The van der Waals surface area contributed by atoms with Crippen LogP contribution in [0.25, 0.3) is 0 Å². The topological polar surface area (TPSA) is 9.23 Å². The third kappa shape index (κ3) is 5.09. The largest absolute Gasteiger partial charge is 0.454 e. The van der Waals surface area contributed by atoms with Crippen molar-refractivity contribution in [2.75, 3.05) is 5.75 Å². The zero-order valence-electron chi connectivity index (χ0n) is 15.5. The fourth-order valence-electron chi connectivity index (χ4n) is 3.35. The summed E-state index contributed by atoms with van der Waals surface area (Å²) in [6, 6.07) is 22.7. The Hall–Kier alpha value is -1.97. The first-order valence-corrected chi connectivity index (χ1v) is 11.1. The van der Waals surface area contributed by atoms with Gasteiger partial charge in [0.05, 0.1) is 0 Å². The lowest BCUT2D eigenvalue weighted by Crippen LogP contribution is -2.05. The number of para-hydroxylation sites is 1. The second-order valence-electron chi connectivity index (χ2n) is 7.19. The van der Waals surface area contributed by atoms with Crippen LogP contribution < -0.4 is 4.74 Å². The van der Waals surface area contributed by atoms with E-state index in [1.54, 1.807) is 0 Å². The monoisotopic (exact) mass is 412 g/mol. The van der Waals surface area contributed by atoms with Crippen LogP contribution in [0.3, 0.4) is 0 Å². The molecule has 144 valence electrons. The summed E-state index contributed by atoms with van der Waals surface area (Å²) in [5.74, 6) is 3.81. The molecule has 3 aromatic rings. The van der Waals surface area contributed by atoms with Crippen LogP contribution in [0.5, 0.6) is 11.5 Å². The quantitative estimate of drug-likeness (QED) is 0.375. The molecule has 0 heterocycles. The van der Waals surface area contributed by atoms with Crippen molar-refractivity contribution in [1.82, 2.24) is 0 Å². The molecular formula is C24H22ClFOS. The molecule has 0 bridgehead atoms. The number of hydrogen-bond donors (Lipinski definition) is 0. The molecule has 0 saturated heterocycles. The van der Waals surface area contributed by atoms with Crippen LogP contribution in [0.4, 0.5) is 4.39 Å². The molecule has 28 heavy (non-hydrogen) atoms. The number of ether oxygens (including phenoxy) is 1. The van der Waals surface area contributed by atoms with Gasteiger partial charge in [0.1, 0.15) is 5.75 Å². The van der Waals surface area contributed by atoms with Crippen LogP contribution in [0.1, 0.15) is 29.9 Å². The van der Waals surface area contributed by atoms with Crippen LogP contribution in [0, 0.1) is 11.7 Å². The summed E-state index contributed by atoms with van der Waals surface area (Å²) in [7, 11) is 0. The van der Waals surface area contributed by atoms with Gasteiger partial charge in [-0.1, -0.05) is 48.0 Å². The van der Waals surface area contributed by atoms with Crippen LogP contribution in [-0.2, 0) is 5.75 Å². The Balaban J connectivity index is 1.39. The Labute approximate surface area is 174 Å². The van der Waals surface area contributed by atoms with E-state index in [-0.39, 0.29) is 11.6 Å². The Morgan fingerprint density at radius 1 is 1.00 bits per heavy atom. The normalized spacial score (nSPS) is 14.6. The molecule has 3 aromatic carbocycles. The Bertz CT molecular complexity index is 910. The second kappa shape index (κ2) is 9.02. The SMILES string of the molecule is Fc1ccc(CSCC(c2ccc(Cl)cc2)C2CC2)cc1Oc1ccccc1. The number of benzene rings is 3. The van der Waals surface area contributed by atoms with Gasteiger partial charge in [0.2, 0.25) is 0 Å². The van der Waals surface area contributed by atoms with Gasteiger partial charge in [0.15, 0.2) is 11.6 Å². The van der Waals surface area contributed by atoms with Gasteiger partial charge in [-0.25, -0.2) is 4.39 Å². The summed E-state index contributed by atoms with van der Waals surface area (Å²) < 4.78 is 19.8. The first-order chi connectivity index (χ1) is 13.7. The molecule has 1 saturated carbocycles. The van der Waals surface area contributed by atoms with E-state index in [0.717, 1.165) is 28.0 Å². The Morgan fingerprint density at radius 2 is 1.75 bits per heavy atom. The van der Waals surface area contributed by atoms with Crippen molar-refractivity contribution in [3.63, 3.8) is 0 Å². The number of hydrogen-bond acceptors (Lipinski definition) is 2. The van der Waals surface area contributed by atoms with Crippen molar-refractivity contribution in [2.45, 2.75) is 24.5 Å². The van der Waals surface area contributed by atoms with E-state index >= 15 is 0 Å². The molecule has 1 nitrogen and oxygen atoms in total. The number of thioether (sulfide) groups is 1. The molecule has 0 spiro atoms. The van der Waals surface area contributed by atoms with E-state index in [1.807, 2.05) is 66.4 Å². The summed E-state index contributed by atoms with van der Waals surface area (Å²) in [5.41, 5.74) is 2.44. The van der Waals surface area contributed by atoms with Crippen molar-refractivity contribution < 1.29 is 9.13 Å². The zero-order chi connectivity index (χ0) is 19.3. The average Bonchev–Trinajstić information content (AvgIpc) is 3.54. The number of halogens is 2. The maximum absolute atomic E-state index is 14.1. The van der Waals surface area contributed by atoms with Crippen molar-refractivity contribution in [1.29, 1.82) is 0 Å². The predicted octanol–water partition coefficient (Wildman–Crippen LogP) is 7.70. The van der Waals surface area contributed by atoms with Crippen molar-refractivity contribution in [3.8, 4) is 11.5 Å². The molecule has 1 aliphatic carbocycles. The molecule has 0 amide bonds. The summed E-state index contributed by atoms with van der Waals surface area (Å²) in [6.45, 7) is 0. The zero-order valence-corrected chi connectivity index (χ0v) is 17.1. The molecule has 1 aliphatic rings. The maximum atomic E-state index is 14.1. The highest BCUT2D eigenvalue weighted by atomic mass is 35.5. The van der Waals surface area contributed by atoms with E-state index in [9.17, 15) is 4.39 Å². The predicted molar refractivity (Wildman–Crippen MR) is 116 cm³/mol. The molecule has 0 aromatic heterocycles. The lowest BCUT2D eigenvalue weighted by molar-refractivity contribution is 0.442. The van der Waals surface area contributed by atoms with E-state index in [1.165, 1.54) is 24.5 Å². The van der Waals surface area contributed by atoms with Gasteiger partial charge in [0.25, 0.3) is 0 Å². The fraction of sp³-hybridized carbons (Fsp3) is 0.250. The van der Waals surface area contributed by atoms with Crippen molar-refractivity contribution >= 4 is 23.4 Å². The third-order valence-corrected chi connectivity index (χ3v) is 6.41. The standard InChI is InChI=1S/C24H22ClFOS/c25-20-11-9-19(10-12-20)22(18-7-8-18)16-28-15-17-6-13-23(26)24(14-17)27-21-4-2-1-3-5-21/h1-6,9-14,18,22H,7-8,15-16H2. The fourth-order valence-corrected chi connectivity index (χ4v) is 4.73. The lowest BCUT2D eigenvalue weighted by Gasteiger charge is -2.17. The van der Waals surface area contributed by atoms with Gasteiger partial charge in [-0.2, -0.15) is 11.8 Å². The smallest absolute Gasteiger partial charge is 0.165 e. The van der Waals surface area contributed by atoms with Gasteiger partial charge in [-0.15, -0.1) is 0 Å². The second-order valence-corrected chi connectivity index (χ2v) is 8.66. The minimum Gasteiger partial charge on any atom is -0.454 e. The molecule has 0 aliphatic heterocycles. The van der Waals surface area contributed by atoms with Gasteiger partial charge in [-0.05, 0) is 72.2 Å².